The van der Waals surface area contributed by atoms with Crippen molar-refractivity contribution in [2.24, 2.45) is 0 Å². The van der Waals surface area contributed by atoms with E-state index >= 15 is 0 Å². The van der Waals surface area contributed by atoms with Gasteiger partial charge in [0.05, 0.1) is 40.7 Å². The number of hydrogen-bond donors (Lipinski definition) is 2. The van der Waals surface area contributed by atoms with Crippen molar-refractivity contribution in [3.8, 4) is 11.5 Å². The maximum Gasteiger partial charge on any atom is 0.272 e. The molecule has 0 saturated heterocycles. The second-order valence-corrected chi connectivity index (χ2v) is 17.2. The topological polar surface area (TPSA) is 152 Å². The van der Waals surface area contributed by atoms with Crippen molar-refractivity contribution < 1.29 is 29.5 Å². The van der Waals surface area contributed by atoms with Crippen LogP contribution in [0.3, 0.4) is 0 Å². The van der Waals surface area contributed by atoms with E-state index in [2.05, 4.69) is 86.0 Å². The molecule has 0 fully saturated rings. The highest BCUT2D eigenvalue weighted by atomic mass is 16.6. The van der Waals surface area contributed by atoms with E-state index in [1.807, 2.05) is 24.3 Å². The molecule has 12 nitrogen and oxygen atoms in total. The molecule has 9 rings (SSSR count). The molecule has 5 aromatic rings. The third kappa shape index (κ3) is 5.49. The van der Waals surface area contributed by atoms with Crippen LogP contribution in [0.25, 0.3) is 0 Å². The average molecular weight is 783 g/mol. The summed E-state index contributed by atoms with van der Waals surface area (Å²) in [6.07, 6.45) is 1.77. The van der Waals surface area contributed by atoms with Gasteiger partial charge in [-0.25, -0.2) is 0 Å². The highest BCUT2D eigenvalue weighted by Crippen LogP contribution is 2.58. The Labute approximate surface area is 336 Å². The molecule has 0 aromatic heterocycles. The van der Waals surface area contributed by atoms with Crippen LogP contribution in [0.2, 0.25) is 0 Å². The summed E-state index contributed by atoms with van der Waals surface area (Å²) in [7, 11) is 0. The molecule has 2 N–H and O–H groups in total. The zero-order valence-electron chi connectivity index (χ0n) is 33.0. The van der Waals surface area contributed by atoms with E-state index in [4.69, 9.17) is 9.47 Å². The van der Waals surface area contributed by atoms with Crippen molar-refractivity contribution in [1.82, 2.24) is 0 Å². The quantitative estimate of drug-likeness (QED) is 0.117. The summed E-state index contributed by atoms with van der Waals surface area (Å²) in [5, 5.41) is 44.6. The minimum Gasteiger partial charge on any atom is -0.482 e. The molecule has 2 spiro atoms. The maximum absolute atomic E-state index is 12.1. The van der Waals surface area contributed by atoms with Gasteiger partial charge >= 0.3 is 0 Å². The Hall–Kier alpha value is -5.98. The number of aliphatic hydroxyl groups excluding tert-OH is 2. The molecule has 1 aliphatic carbocycles. The summed E-state index contributed by atoms with van der Waals surface area (Å²) in [4.78, 5) is 27.4. The van der Waals surface area contributed by atoms with Crippen molar-refractivity contribution in [2.75, 3.05) is 16.3 Å². The second-order valence-electron chi connectivity index (χ2n) is 17.2. The van der Waals surface area contributed by atoms with Crippen molar-refractivity contribution in [3.63, 3.8) is 0 Å². The molecular formula is C46H46N4O8. The first kappa shape index (κ1) is 37.6. The number of benzene rings is 5. The SMILES string of the molecule is CC1(C)c2ccccc2CC12CN(Cc1ccc(CN3c4ccccc4C(C)(C)C34CCc3cc([N+](=O)[O-])cc(CO)c3O4)cc1)c1cc([N+](=O)[O-])cc(CO)c1O2. The summed E-state index contributed by atoms with van der Waals surface area (Å²) >= 11 is 0. The van der Waals surface area contributed by atoms with E-state index in [1.165, 1.54) is 23.3 Å². The van der Waals surface area contributed by atoms with Crippen LogP contribution in [0.15, 0.2) is 97.1 Å². The number of fused-ring (bicyclic) bond motifs is 4. The third-order valence-corrected chi connectivity index (χ3v) is 13.5. The standard InChI is InChI=1S/C46H46N4O8/c1-43(2)37-10-6-5-9-32(37)23-45(43)28-47(40-22-36(50(55)56)21-34(27-52)42(40)57-45)24-29-13-15-30(16-14-29)25-48-39-12-8-7-11-38(39)44(3,4)46(48)18-17-31-19-35(49(53)54)20-33(26-51)41(31)58-46/h5-16,19-22,51-52H,17-18,23-28H2,1-4H3. The van der Waals surface area contributed by atoms with E-state index in [0.29, 0.717) is 72.8 Å². The summed E-state index contributed by atoms with van der Waals surface area (Å²) in [6.45, 7) is 9.39. The molecule has 5 aromatic carbocycles. The normalized spacial score (nSPS) is 21.8. The first-order valence-corrected chi connectivity index (χ1v) is 19.7. The number of nitrogens with zero attached hydrogens (tertiary/aromatic N) is 4. The predicted molar refractivity (Wildman–Crippen MR) is 219 cm³/mol. The van der Waals surface area contributed by atoms with Gasteiger partial charge in [0.25, 0.3) is 11.4 Å². The van der Waals surface area contributed by atoms with Gasteiger partial charge in [0, 0.05) is 78.0 Å². The van der Waals surface area contributed by atoms with E-state index in [-0.39, 0.29) is 18.0 Å². The van der Waals surface area contributed by atoms with Crippen LogP contribution >= 0.6 is 0 Å². The molecule has 58 heavy (non-hydrogen) atoms. The molecule has 0 amide bonds. The van der Waals surface area contributed by atoms with Crippen LogP contribution in [0.4, 0.5) is 22.7 Å². The van der Waals surface area contributed by atoms with Gasteiger partial charge in [0.1, 0.15) is 17.1 Å². The Morgan fingerprint density at radius 1 is 0.672 bits per heavy atom. The summed E-state index contributed by atoms with van der Waals surface area (Å²) in [6, 6.07) is 31.0. The highest BCUT2D eigenvalue weighted by molar-refractivity contribution is 5.70. The molecule has 3 aliphatic heterocycles. The van der Waals surface area contributed by atoms with E-state index in [9.17, 15) is 30.4 Å². The lowest BCUT2D eigenvalue weighted by Crippen LogP contribution is -2.61. The Morgan fingerprint density at radius 2 is 1.28 bits per heavy atom. The Bertz CT molecular complexity index is 2480. The number of hydrogen-bond acceptors (Lipinski definition) is 10. The number of nitro groups is 2. The van der Waals surface area contributed by atoms with Crippen molar-refractivity contribution in [1.29, 1.82) is 0 Å². The van der Waals surface area contributed by atoms with Gasteiger partial charge in [0.15, 0.2) is 5.72 Å². The van der Waals surface area contributed by atoms with Crippen LogP contribution in [0.1, 0.15) is 78.6 Å². The fourth-order valence-corrected chi connectivity index (χ4v) is 10.2. The molecule has 3 heterocycles. The number of ether oxygens (including phenoxy) is 2. The lowest BCUT2D eigenvalue weighted by molar-refractivity contribution is -0.385. The zero-order valence-corrected chi connectivity index (χ0v) is 33.0. The summed E-state index contributed by atoms with van der Waals surface area (Å²) in [5.41, 5.74) is 6.13. The van der Waals surface area contributed by atoms with Gasteiger partial charge in [0.2, 0.25) is 0 Å². The van der Waals surface area contributed by atoms with Crippen LogP contribution < -0.4 is 19.3 Å². The summed E-state index contributed by atoms with van der Waals surface area (Å²) < 4.78 is 14.0. The number of anilines is 2. The van der Waals surface area contributed by atoms with Crippen LogP contribution in [-0.4, -0.2) is 37.9 Å². The largest absolute Gasteiger partial charge is 0.482 e. The molecular weight excluding hydrogens is 737 g/mol. The number of aliphatic hydroxyl groups is 2. The van der Waals surface area contributed by atoms with E-state index in [0.717, 1.165) is 22.4 Å². The van der Waals surface area contributed by atoms with Gasteiger partial charge in [-0.05, 0) is 54.2 Å². The molecule has 12 heteroatoms. The monoisotopic (exact) mass is 782 g/mol. The zero-order chi connectivity index (χ0) is 40.8. The number of nitro benzene ring substituents is 2. The molecule has 2 unspecified atom stereocenters. The Kier molecular flexibility index (Phi) is 8.61. The van der Waals surface area contributed by atoms with Gasteiger partial charge < -0.3 is 29.5 Å². The lowest BCUT2D eigenvalue weighted by atomic mass is 9.73. The average Bonchev–Trinajstić information content (AvgIpc) is 3.53. The van der Waals surface area contributed by atoms with Crippen LogP contribution in [-0.2, 0) is 50.0 Å². The van der Waals surface area contributed by atoms with Crippen molar-refractivity contribution >= 4 is 22.7 Å². The Morgan fingerprint density at radius 3 is 1.93 bits per heavy atom. The van der Waals surface area contributed by atoms with Gasteiger partial charge in [-0.3, -0.25) is 20.2 Å². The van der Waals surface area contributed by atoms with Crippen LogP contribution in [0, 0.1) is 20.2 Å². The minimum absolute atomic E-state index is 0.0619. The fourth-order valence-electron chi connectivity index (χ4n) is 10.2. The predicted octanol–water partition coefficient (Wildman–Crippen LogP) is 8.18. The first-order valence-electron chi connectivity index (χ1n) is 19.7. The van der Waals surface area contributed by atoms with Gasteiger partial charge in [-0.2, -0.15) is 0 Å². The molecule has 0 saturated carbocycles. The molecule has 2 atom stereocenters. The third-order valence-electron chi connectivity index (χ3n) is 13.5. The van der Waals surface area contributed by atoms with Gasteiger partial charge in [-0.1, -0.05) is 80.6 Å². The highest BCUT2D eigenvalue weighted by Gasteiger charge is 2.61. The smallest absolute Gasteiger partial charge is 0.272 e. The van der Waals surface area contributed by atoms with E-state index in [1.54, 1.807) is 12.1 Å². The van der Waals surface area contributed by atoms with Crippen molar-refractivity contribution in [3.05, 3.63) is 162 Å². The lowest BCUT2D eigenvalue weighted by Gasteiger charge is -2.50. The van der Waals surface area contributed by atoms with Crippen molar-refractivity contribution in [2.45, 2.75) is 95.4 Å². The number of para-hydroxylation sites is 1. The number of aryl methyl sites for hydroxylation is 1. The summed E-state index contributed by atoms with van der Waals surface area (Å²) in [5.74, 6) is 0.979. The first-order chi connectivity index (χ1) is 27.7. The number of rotatable bonds is 8. The fraction of sp³-hybridized carbons (Fsp3) is 0.348. The van der Waals surface area contributed by atoms with E-state index < -0.39 is 38.6 Å². The molecule has 0 bridgehead atoms. The Balaban J connectivity index is 1.06. The number of non-ortho nitro benzene ring substituents is 2. The van der Waals surface area contributed by atoms with Crippen LogP contribution in [0.5, 0.6) is 11.5 Å². The maximum atomic E-state index is 12.1. The molecule has 0 radical (unpaired) electrons. The minimum atomic E-state index is -0.848. The molecule has 4 aliphatic rings. The van der Waals surface area contributed by atoms with Gasteiger partial charge in [-0.15, -0.1) is 0 Å². The second kappa shape index (κ2) is 13.3. The molecule has 298 valence electrons.